The van der Waals surface area contributed by atoms with Gasteiger partial charge in [0.1, 0.15) is 0 Å². The molecule has 0 bridgehead atoms. The van der Waals surface area contributed by atoms with Crippen LogP contribution in [0, 0.1) is 0 Å². The van der Waals surface area contributed by atoms with E-state index in [0.717, 1.165) is 58.3 Å². The predicted octanol–water partition coefficient (Wildman–Crippen LogP) is 2.23. The lowest BCUT2D eigenvalue weighted by molar-refractivity contribution is 0.130. The van der Waals surface area contributed by atoms with Crippen molar-refractivity contribution >= 4 is 5.96 Å². The Balaban J connectivity index is 1.36. The molecule has 2 saturated heterocycles. The van der Waals surface area contributed by atoms with Gasteiger partial charge >= 0.3 is 0 Å². The van der Waals surface area contributed by atoms with Crippen molar-refractivity contribution in [2.75, 3.05) is 58.9 Å². The first-order chi connectivity index (χ1) is 14.6. The second kappa shape index (κ2) is 12.3. The molecule has 2 N–H and O–H groups in total. The number of aliphatic imine (C=N–C) groups is 1. The average molecular weight is 415 g/mol. The molecule has 0 aliphatic carbocycles. The molecule has 2 heterocycles. The first-order valence-electron chi connectivity index (χ1n) is 11.9. The number of piperidine rings is 1. The molecule has 1 aromatic carbocycles. The van der Waals surface area contributed by atoms with Gasteiger partial charge in [-0.3, -0.25) is 14.8 Å². The molecule has 0 radical (unpaired) electrons. The first-order valence-corrected chi connectivity index (χ1v) is 11.9. The molecule has 0 saturated carbocycles. The Hall–Kier alpha value is -1.63. The number of nitrogens with zero attached hydrogens (tertiary/aromatic N) is 4. The summed E-state index contributed by atoms with van der Waals surface area (Å²) in [4.78, 5) is 12.5. The topological polar surface area (TPSA) is 46.1 Å². The Bertz CT molecular complexity index is 616. The zero-order chi connectivity index (χ0) is 21.2. The van der Waals surface area contributed by atoms with E-state index in [4.69, 9.17) is 4.99 Å². The highest BCUT2D eigenvalue weighted by molar-refractivity contribution is 5.80. The van der Waals surface area contributed by atoms with Gasteiger partial charge < -0.3 is 15.5 Å². The van der Waals surface area contributed by atoms with Gasteiger partial charge in [0.05, 0.1) is 6.54 Å². The molecule has 0 atom stereocenters. The normalized spacial score (nSPS) is 20.6. The second-order valence-electron chi connectivity index (χ2n) is 8.91. The molecule has 0 spiro atoms. The van der Waals surface area contributed by atoms with Gasteiger partial charge in [-0.25, -0.2) is 0 Å². The third-order valence-electron chi connectivity index (χ3n) is 6.34. The summed E-state index contributed by atoms with van der Waals surface area (Å²) < 4.78 is 0. The maximum Gasteiger partial charge on any atom is 0.191 e. The number of likely N-dealkylation sites (tertiary alicyclic amines) is 1. The number of hydrogen-bond acceptors (Lipinski definition) is 4. The monoisotopic (exact) mass is 414 g/mol. The zero-order valence-electron chi connectivity index (χ0n) is 19.3. The molecular weight excluding hydrogens is 372 g/mol. The van der Waals surface area contributed by atoms with Gasteiger partial charge in [0.2, 0.25) is 0 Å². The summed E-state index contributed by atoms with van der Waals surface area (Å²) in [7, 11) is 0. The lowest BCUT2D eigenvalue weighted by atomic mass is 10.0. The van der Waals surface area contributed by atoms with Crippen molar-refractivity contribution in [1.29, 1.82) is 0 Å². The van der Waals surface area contributed by atoms with Crippen LogP contribution in [0.15, 0.2) is 35.3 Å². The molecule has 3 rings (SSSR count). The van der Waals surface area contributed by atoms with Crippen molar-refractivity contribution in [3.63, 3.8) is 0 Å². The van der Waals surface area contributed by atoms with E-state index < -0.39 is 0 Å². The van der Waals surface area contributed by atoms with Crippen LogP contribution in [0.4, 0.5) is 0 Å². The van der Waals surface area contributed by atoms with E-state index in [1.54, 1.807) is 0 Å². The van der Waals surface area contributed by atoms with Gasteiger partial charge in [-0.15, -0.1) is 0 Å². The van der Waals surface area contributed by atoms with Crippen molar-refractivity contribution < 1.29 is 0 Å². The van der Waals surface area contributed by atoms with Crippen LogP contribution >= 0.6 is 0 Å². The average Bonchev–Trinajstić information content (AvgIpc) is 2.76. The Labute approximate surface area is 183 Å². The van der Waals surface area contributed by atoms with Crippen LogP contribution in [-0.4, -0.2) is 91.6 Å². The van der Waals surface area contributed by atoms with Gasteiger partial charge in [0.25, 0.3) is 0 Å². The third-order valence-corrected chi connectivity index (χ3v) is 6.34. The van der Waals surface area contributed by atoms with Crippen molar-refractivity contribution in [3.8, 4) is 0 Å². The highest BCUT2D eigenvalue weighted by Crippen LogP contribution is 2.13. The van der Waals surface area contributed by atoms with Gasteiger partial charge in [0.15, 0.2) is 5.96 Å². The van der Waals surface area contributed by atoms with Crippen molar-refractivity contribution in [2.24, 2.45) is 4.99 Å². The van der Waals surface area contributed by atoms with Crippen LogP contribution in [0.25, 0.3) is 0 Å². The predicted molar refractivity (Wildman–Crippen MR) is 127 cm³/mol. The molecule has 0 aromatic heterocycles. The van der Waals surface area contributed by atoms with Crippen molar-refractivity contribution in [3.05, 3.63) is 35.9 Å². The molecule has 168 valence electrons. The van der Waals surface area contributed by atoms with E-state index in [2.05, 4.69) is 76.4 Å². The molecule has 0 amide bonds. The fourth-order valence-electron chi connectivity index (χ4n) is 4.39. The fourth-order valence-corrected chi connectivity index (χ4v) is 4.39. The van der Waals surface area contributed by atoms with Gasteiger partial charge in [-0.2, -0.15) is 0 Å². The third kappa shape index (κ3) is 7.56. The highest BCUT2D eigenvalue weighted by atomic mass is 15.3. The van der Waals surface area contributed by atoms with E-state index in [0.29, 0.717) is 12.1 Å². The van der Waals surface area contributed by atoms with Crippen molar-refractivity contribution in [1.82, 2.24) is 25.3 Å². The molecule has 0 unspecified atom stereocenters. The number of nitrogens with one attached hydrogen (secondary N) is 2. The number of guanidine groups is 1. The Morgan fingerprint density at radius 3 is 2.30 bits per heavy atom. The van der Waals surface area contributed by atoms with Gasteiger partial charge in [-0.05, 0) is 39.2 Å². The van der Waals surface area contributed by atoms with Crippen LogP contribution in [0.1, 0.15) is 39.2 Å². The molecule has 2 aliphatic rings. The van der Waals surface area contributed by atoms with Crippen molar-refractivity contribution in [2.45, 2.75) is 52.2 Å². The molecule has 2 fully saturated rings. The molecule has 30 heavy (non-hydrogen) atoms. The van der Waals surface area contributed by atoms with Crippen LogP contribution in [-0.2, 0) is 6.54 Å². The van der Waals surface area contributed by atoms with Gasteiger partial charge in [-0.1, -0.05) is 30.3 Å². The molecular formula is C24H42N6. The SMILES string of the molecule is CCNC(=NCCN1CCN(Cc2ccccc2)CC1)NC1CCN(C(C)C)CC1. The number of benzene rings is 1. The zero-order valence-corrected chi connectivity index (χ0v) is 19.3. The number of rotatable bonds is 8. The minimum absolute atomic E-state index is 0.541. The summed E-state index contributed by atoms with van der Waals surface area (Å²) in [6.45, 7) is 17.5. The maximum atomic E-state index is 4.87. The minimum Gasteiger partial charge on any atom is -0.357 e. The molecule has 1 aromatic rings. The Kier molecular flexibility index (Phi) is 9.43. The lowest BCUT2D eigenvalue weighted by Crippen LogP contribution is -2.50. The first kappa shape index (κ1) is 23.0. The summed E-state index contributed by atoms with van der Waals surface area (Å²) in [6.07, 6.45) is 2.40. The summed E-state index contributed by atoms with van der Waals surface area (Å²) in [5.41, 5.74) is 1.41. The molecule has 6 nitrogen and oxygen atoms in total. The van der Waals surface area contributed by atoms with Crippen LogP contribution in [0.3, 0.4) is 0 Å². The maximum absolute atomic E-state index is 4.87. The summed E-state index contributed by atoms with van der Waals surface area (Å²) in [6, 6.07) is 12.0. The standard InChI is InChI=1S/C24H42N6/c1-4-25-24(27-23-10-13-30(14-11-23)21(2)3)26-12-15-28-16-18-29(19-17-28)20-22-8-6-5-7-9-22/h5-9,21,23H,4,10-20H2,1-3H3,(H2,25,26,27). The minimum atomic E-state index is 0.541. The van der Waals surface area contributed by atoms with E-state index >= 15 is 0 Å². The fraction of sp³-hybridized carbons (Fsp3) is 0.708. The smallest absolute Gasteiger partial charge is 0.191 e. The van der Waals surface area contributed by atoms with Crippen LogP contribution in [0.5, 0.6) is 0 Å². The van der Waals surface area contributed by atoms with E-state index in [1.165, 1.54) is 31.5 Å². The summed E-state index contributed by atoms with van der Waals surface area (Å²) in [5.74, 6) is 0.989. The number of hydrogen-bond donors (Lipinski definition) is 2. The van der Waals surface area contributed by atoms with E-state index in [-0.39, 0.29) is 0 Å². The van der Waals surface area contributed by atoms with Crippen LogP contribution in [0.2, 0.25) is 0 Å². The molecule has 6 heteroatoms. The Morgan fingerprint density at radius 2 is 1.67 bits per heavy atom. The van der Waals surface area contributed by atoms with Gasteiger partial charge in [0, 0.05) is 71.0 Å². The quantitative estimate of drug-likeness (QED) is 0.505. The van der Waals surface area contributed by atoms with E-state index in [9.17, 15) is 0 Å². The summed E-state index contributed by atoms with van der Waals surface area (Å²) >= 11 is 0. The lowest BCUT2D eigenvalue weighted by Gasteiger charge is -2.35. The Morgan fingerprint density at radius 1 is 1.00 bits per heavy atom. The molecule has 2 aliphatic heterocycles. The number of piperazine rings is 1. The largest absolute Gasteiger partial charge is 0.357 e. The van der Waals surface area contributed by atoms with Crippen LogP contribution < -0.4 is 10.6 Å². The second-order valence-corrected chi connectivity index (χ2v) is 8.91. The van der Waals surface area contributed by atoms with E-state index in [1.807, 2.05) is 0 Å². The highest BCUT2D eigenvalue weighted by Gasteiger charge is 2.21. The summed E-state index contributed by atoms with van der Waals surface area (Å²) in [5, 5.41) is 7.11.